The third-order valence-electron chi connectivity index (χ3n) is 3.30. The molecule has 0 bridgehead atoms. The van der Waals surface area contributed by atoms with Gasteiger partial charge in [-0.3, -0.25) is 9.59 Å². The highest BCUT2D eigenvalue weighted by Gasteiger charge is 2.16. The number of amides is 2. The fraction of sp³-hybridized carbons (Fsp3) is 0.250. The van der Waals surface area contributed by atoms with E-state index in [-0.39, 0.29) is 41.8 Å². The Labute approximate surface area is 152 Å². The van der Waals surface area contributed by atoms with Crippen LogP contribution in [0.2, 0.25) is 0 Å². The molecule has 0 unspecified atom stereocenters. The van der Waals surface area contributed by atoms with Gasteiger partial charge >= 0.3 is 0 Å². The van der Waals surface area contributed by atoms with Gasteiger partial charge in [-0.25, -0.2) is 0 Å². The number of hydrogen-bond donors (Lipinski definition) is 1. The summed E-state index contributed by atoms with van der Waals surface area (Å²) in [5, 5.41) is 10.6. The van der Waals surface area contributed by atoms with E-state index >= 15 is 0 Å². The molecule has 3 aromatic rings. The maximum Gasteiger partial charge on any atom is 0.284 e. The average Bonchev–Trinajstić information content (AvgIpc) is 3.39. The van der Waals surface area contributed by atoms with Gasteiger partial charge in [0.1, 0.15) is 5.76 Å². The first kappa shape index (κ1) is 17.8. The summed E-state index contributed by atoms with van der Waals surface area (Å²) in [5.41, 5.74) is 0. The Morgan fingerprint density at radius 1 is 1.19 bits per heavy atom. The van der Waals surface area contributed by atoms with Gasteiger partial charge in [-0.05, 0) is 24.3 Å². The van der Waals surface area contributed by atoms with E-state index < -0.39 is 0 Å². The normalized spacial score (nSPS) is 10.7. The molecule has 26 heavy (non-hydrogen) atoms. The van der Waals surface area contributed by atoms with Crippen molar-refractivity contribution < 1.29 is 22.8 Å². The molecule has 10 heteroatoms. The first-order valence-electron chi connectivity index (χ1n) is 7.65. The molecular weight excluding hydrogens is 360 g/mol. The van der Waals surface area contributed by atoms with E-state index in [9.17, 15) is 9.59 Å². The minimum absolute atomic E-state index is 0.0540. The topological polar surface area (TPSA) is 115 Å². The lowest BCUT2D eigenvalue weighted by Crippen LogP contribution is -2.38. The quantitative estimate of drug-likeness (QED) is 0.592. The largest absolute Gasteiger partial charge is 0.467 e. The fourth-order valence-corrected chi connectivity index (χ4v) is 2.66. The van der Waals surface area contributed by atoms with Crippen molar-refractivity contribution in [2.24, 2.45) is 0 Å². The Hall–Kier alpha value is -3.01. The van der Waals surface area contributed by atoms with Gasteiger partial charge in [0.05, 0.1) is 31.4 Å². The van der Waals surface area contributed by atoms with Crippen molar-refractivity contribution in [2.45, 2.75) is 11.8 Å². The minimum Gasteiger partial charge on any atom is -0.467 e. The van der Waals surface area contributed by atoms with E-state index in [4.69, 9.17) is 13.3 Å². The van der Waals surface area contributed by atoms with Gasteiger partial charge in [0, 0.05) is 7.05 Å². The lowest BCUT2D eigenvalue weighted by atomic mass is 10.4. The summed E-state index contributed by atoms with van der Waals surface area (Å²) >= 11 is 1.09. The predicted molar refractivity (Wildman–Crippen MR) is 90.9 cm³/mol. The van der Waals surface area contributed by atoms with E-state index in [1.54, 1.807) is 31.3 Å². The second-order valence-corrected chi connectivity index (χ2v) is 6.17. The predicted octanol–water partition coefficient (Wildman–Crippen LogP) is 1.79. The van der Waals surface area contributed by atoms with Gasteiger partial charge in [0.15, 0.2) is 5.76 Å². The Kier molecular flexibility index (Phi) is 5.74. The first-order valence-corrected chi connectivity index (χ1v) is 8.63. The number of hydrogen-bond acceptors (Lipinski definition) is 8. The molecule has 3 aromatic heterocycles. The molecule has 3 heterocycles. The molecular formula is C16H16N4O5S. The molecule has 0 saturated heterocycles. The van der Waals surface area contributed by atoms with Gasteiger partial charge in [-0.15, -0.1) is 10.2 Å². The Bertz CT molecular complexity index is 844. The molecule has 0 aliphatic rings. The zero-order valence-electron chi connectivity index (χ0n) is 13.9. The summed E-state index contributed by atoms with van der Waals surface area (Å²) in [6.07, 6.45) is 3.03. The number of nitrogens with one attached hydrogen (secondary N) is 1. The zero-order valence-corrected chi connectivity index (χ0v) is 14.7. The third-order valence-corrected chi connectivity index (χ3v) is 4.11. The van der Waals surface area contributed by atoms with Crippen molar-refractivity contribution in [1.82, 2.24) is 20.4 Å². The van der Waals surface area contributed by atoms with Crippen molar-refractivity contribution in [3.63, 3.8) is 0 Å². The van der Waals surface area contributed by atoms with Crippen molar-refractivity contribution in [2.75, 3.05) is 19.3 Å². The van der Waals surface area contributed by atoms with Gasteiger partial charge in [0.2, 0.25) is 11.8 Å². The summed E-state index contributed by atoms with van der Waals surface area (Å²) in [6, 6.07) is 6.90. The standard InChI is InChI=1S/C16H16N4O5S/c1-20(9-13(21)17-8-11-4-2-6-23-11)14(22)10-26-16-19-18-15(25-16)12-5-3-7-24-12/h2-7H,8-10H2,1H3,(H,17,21). The first-order chi connectivity index (χ1) is 12.6. The Balaban J connectivity index is 1.42. The smallest absolute Gasteiger partial charge is 0.284 e. The number of furan rings is 2. The molecule has 1 N–H and O–H groups in total. The summed E-state index contributed by atoms with van der Waals surface area (Å²) in [5.74, 6) is 0.909. The number of thioether (sulfide) groups is 1. The van der Waals surface area contributed by atoms with Gasteiger partial charge in [0.25, 0.3) is 11.1 Å². The van der Waals surface area contributed by atoms with Crippen LogP contribution >= 0.6 is 11.8 Å². The number of aromatic nitrogens is 2. The maximum absolute atomic E-state index is 12.1. The summed E-state index contributed by atoms with van der Waals surface area (Å²) in [6.45, 7) is 0.224. The number of carbonyl (C=O) groups is 2. The Morgan fingerprint density at radius 2 is 2.00 bits per heavy atom. The van der Waals surface area contributed by atoms with E-state index in [0.717, 1.165) is 11.8 Å². The Morgan fingerprint density at radius 3 is 2.73 bits per heavy atom. The molecule has 0 fully saturated rings. The molecule has 0 saturated carbocycles. The van der Waals surface area contributed by atoms with Gasteiger partial charge in [-0.2, -0.15) is 0 Å². The molecule has 0 aliphatic heterocycles. The third kappa shape index (κ3) is 4.76. The van der Waals surface area contributed by atoms with Gasteiger partial charge < -0.3 is 23.5 Å². The molecule has 9 nitrogen and oxygen atoms in total. The molecule has 136 valence electrons. The second-order valence-electron chi connectivity index (χ2n) is 5.24. The van der Waals surface area contributed by atoms with Gasteiger partial charge in [-0.1, -0.05) is 11.8 Å². The highest BCUT2D eigenvalue weighted by Crippen LogP contribution is 2.23. The molecule has 0 aromatic carbocycles. The van der Waals surface area contributed by atoms with Crippen LogP contribution in [0.5, 0.6) is 0 Å². The summed E-state index contributed by atoms with van der Waals surface area (Å²) in [4.78, 5) is 25.3. The van der Waals surface area contributed by atoms with Crippen LogP contribution in [-0.2, 0) is 16.1 Å². The molecule has 0 spiro atoms. The zero-order chi connectivity index (χ0) is 18.4. The summed E-state index contributed by atoms with van der Waals surface area (Å²) < 4.78 is 15.7. The van der Waals surface area contributed by atoms with Crippen molar-refractivity contribution >= 4 is 23.6 Å². The number of likely N-dealkylation sites (N-methyl/N-ethyl adjacent to an activating group) is 1. The molecule has 0 radical (unpaired) electrons. The van der Waals surface area contributed by atoms with E-state index in [1.807, 2.05) is 0 Å². The number of rotatable bonds is 8. The molecule has 2 amide bonds. The summed E-state index contributed by atoms with van der Waals surface area (Å²) in [7, 11) is 1.55. The minimum atomic E-state index is -0.278. The van der Waals surface area contributed by atoms with Crippen LogP contribution in [0.25, 0.3) is 11.7 Å². The maximum atomic E-state index is 12.1. The van der Waals surface area contributed by atoms with Crippen LogP contribution in [0, 0.1) is 0 Å². The van der Waals surface area contributed by atoms with Crippen molar-refractivity contribution in [3.8, 4) is 11.7 Å². The second kappa shape index (κ2) is 8.39. The van der Waals surface area contributed by atoms with Crippen molar-refractivity contribution in [1.29, 1.82) is 0 Å². The van der Waals surface area contributed by atoms with Crippen LogP contribution in [-0.4, -0.2) is 46.3 Å². The van der Waals surface area contributed by atoms with E-state index in [2.05, 4.69) is 15.5 Å². The lowest BCUT2D eigenvalue weighted by molar-refractivity contribution is -0.132. The average molecular weight is 376 g/mol. The SMILES string of the molecule is CN(CC(=O)NCc1ccco1)C(=O)CSc1nnc(-c2ccco2)o1. The highest BCUT2D eigenvalue weighted by atomic mass is 32.2. The van der Waals surface area contributed by atoms with Crippen LogP contribution in [0.15, 0.2) is 55.3 Å². The molecule has 0 atom stereocenters. The van der Waals surface area contributed by atoms with Crippen LogP contribution in [0.4, 0.5) is 0 Å². The fourth-order valence-electron chi connectivity index (χ4n) is 1.96. The monoisotopic (exact) mass is 376 g/mol. The van der Waals surface area contributed by atoms with Crippen LogP contribution in [0.1, 0.15) is 5.76 Å². The number of carbonyl (C=O) groups excluding carboxylic acids is 2. The lowest BCUT2D eigenvalue weighted by Gasteiger charge is -2.15. The van der Waals surface area contributed by atoms with E-state index in [1.165, 1.54) is 17.4 Å². The van der Waals surface area contributed by atoms with Crippen LogP contribution < -0.4 is 5.32 Å². The van der Waals surface area contributed by atoms with Crippen LogP contribution in [0.3, 0.4) is 0 Å². The molecule has 3 rings (SSSR count). The van der Waals surface area contributed by atoms with E-state index in [0.29, 0.717) is 11.5 Å². The highest BCUT2D eigenvalue weighted by molar-refractivity contribution is 7.99. The number of nitrogens with zero attached hydrogens (tertiary/aromatic N) is 3. The molecule has 0 aliphatic carbocycles. The van der Waals surface area contributed by atoms with Crippen molar-refractivity contribution in [3.05, 3.63) is 42.6 Å².